The number of nitrogens with two attached hydrogens (primary N) is 1. The van der Waals surface area contributed by atoms with Crippen LogP contribution in [0.4, 0.5) is 10.3 Å². The van der Waals surface area contributed by atoms with E-state index in [9.17, 15) is 9.18 Å². The highest BCUT2D eigenvalue weighted by Crippen LogP contribution is 2.24. The maximum Gasteiger partial charge on any atom is 0.279 e. The third-order valence-electron chi connectivity index (χ3n) is 6.26. The highest BCUT2D eigenvalue weighted by Gasteiger charge is 2.25. The fourth-order valence-corrected chi connectivity index (χ4v) is 4.48. The maximum absolute atomic E-state index is 13.5. The molecule has 0 bridgehead atoms. The first-order valence-corrected chi connectivity index (χ1v) is 11.2. The quantitative estimate of drug-likeness (QED) is 0.510. The summed E-state index contributed by atoms with van der Waals surface area (Å²) in [6.07, 6.45) is 2.38. The number of imidazole rings is 1. The molecule has 2 aromatic carbocycles. The van der Waals surface area contributed by atoms with E-state index in [2.05, 4.69) is 4.90 Å². The number of benzene rings is 2. The third kappa shape index (κ3) is 4.26. The van der Waals surface area contributed by atoms with Crippen LogP contribution in [0, 0.1) is 5.82 Å². The zero-order valence-corrected chi connectivity index (χ0v) is 18.6. The molecule has 1 unspecified atom stereocenters. The number of nitrogens with zero attached hydrogens (tertiary/aromatic N) is 5. The highest BCUT2D eigenvalue weighted by molar-refractivity contribution is 5.74. The molecule has 0 spiro atoms. The van der Waals surface area contributed by atoms with Gasteiger partial charge in [0, 0.05) is 32.6 Å². The van der Waals surface area contributed by atoms with Gasteiger partial charge in [-0.15, -0.1) is 0 Å². The summed E-state index contributed by atoms with van der Waals surface area (Å²) in [5.41, 5.74) is 8.98. The molecule has 5 rings (SSSR count). The van der Waals surface area contributed by atoms with Gasteiger partial charge in [0.1, 0.15) is 11.6 Å². The molecule has 0 amide bonds. The van der Waals surface area contributed by atoms with E-state index in [1.807, 2.05) is 34.9 Å². The molecule has 2 aromatic heterocycles. The number of fused-ring (bicyclic) bond motifs is 1. The van der Waals surface area contributed by atoms with E-state index in [1.54, 1.807) is 23.7 Å². The number of hydrogen-bond donors (Lipinski definition) is 1. The van der Waals surface area contributed by atoms with Gasteiger partial charge in [-0.2, -0.15) is 4.98 Å². The molecule has 1 aliphatic rings. The van der Waals surface area contributed by atoms with Gasteiger partial charge in [-0.05, 0) is 36.1 Å². The van der Waals surface area contributed by atoms with Gasteiger partial charge >= 0.3 is 0 Å². The average Bonchev–Trinajstić information content (AvgIpc) is 3.17. The van der Waals surface area contributed by atoms with Crippen LogP contribution in [0.15, 0.2) is 59.4 Å². The predicted octanol–water partition coefficient (Wildman–Crippen LogP) is 2.84. The zero-order valence-electron chi connectivity index (χ0n) is 18.6. The predicted molar refractivity (Wildman–Crippen MR) is 127 cm³/mol. The first kappa shape index (κ1) is 21.3. The van der Waals surface area contributed by atoms with Crippen LogP contribution in [-0.4, -0.2) is 38.2 Å². The lowest BCUT2D eigenvalue weighted by atomic mass is 10.1. The van der Waals surface area contributed by atoms with Crippen LogP contribution >= 0.6 is 0 Å². The number of rotatable bonds is 5. The minimum Gasteiger partial charge on any atom is -0.341 e. The molecular weight excluding hydrogens is 419 g/mol. The van der Waals surface area contributed by atoms with Crippen LogP contribution in [0.25, 0.3) is 11.2 Å². The summed E-state index contributed by atoms with van der Waals surface area (Å²) in [7, 11) is 1.73. The standard InChI is InChI=1S/C25H27FN6O/c1-30-21(14-17-9-11-19(26)12-10-17)28-23-22(24(30)33)32(15-18-6-3-2-4-7-18)25(29-23)31-13-5-8-20(27)16-31/h2-4,6-7,9-12,20H,5,8,13-16,27H2,1H3. The van der Waals surface area contributed by atoms with Crippen LogP contribution in [0.2, 0.25) is 0 Å². The molecule has 33 heavy (non-hydrogen) atoms. The van der Waals surface area contributed by atoms with Gasteiger partial charge in [0.05, 0.1) is 6.54 Å². The van der Waals surface area contributed by atoms with Gasteiger partial charge in [-0.25, -0.2) is 9.37 Å². The molecule has 1 atom stereocenters. The Morgan fingerprint density at radius 1 is 1.06 bits per heavy atom. The van der Waals surface area contributed by atoms with Crippen molar-refractivity contribution in [3.05, 3.63) is 87.7 Å². The van der Waals surface area contributed by atoms with Crippen molar-refractivity contribution in [1.82, 2.24) is 19.1 Å². The molecule has 170 valence electrons. The van der Waals surface area contributed by atoms with Crippen LogP contribution in [0.3, 0.4) is 0 Å². The summed E-state index contributed by atoms with van der Waals surface area (Å²) in [5, 5.41) is 0. The summed E-state index contributed by atoms with van der Waals surface area (Å²) in [5.74, 6) is 1.03. The maximum atomic E-state index is 13.5. The molecule has 1 fully saturated rings. The van der Waals surface area contributed by atoms with Crippen molar-refractivity contribution in [3.63, 3.8) is 0 Å². The number of halogens is 1. The molecule has 8 heteroatoms. The molecule has 1 saturated heterocycles. The normalized spacial score (nSPS) is 16.5. The van der Waals surface area contributed by atoms with Gasteiger partial charge < -0.3 is 10.6 Å². The van der Waals surface area contributed by atoms with Crippen LogP contribution < -0.4 is 16.2 Å². The molecule has 3 heterocycles. The van der Waals surface area contributed by atoms with Gasteiger partial charge in [-0.1, -0.05) is 42.5 Å². The molecule has 0 radical (unpaired) electrons. The number of aromatic nitrogens is 4. The largest absolute Gasteiger partial charge is 0.341 e. The molecule has 7 nitrogen and oxygen atoms in total. The lowest BCUT2D eigenvalue weighted by Gasteiger charge is -2.31. The van der Waals surface area contributed by atoms with E-state index in [4.69, 9.17) is 15.7 Å². The highest BCUT2D eigenvalue weighted by atomic mass is 19.1. The number of hydrogen-bond acceptors (Lipinski definition) is 5. The lowest BCUT2D eigenvalue weighted by molar-refractivity contribution is 0.495. The van der Waals surface area contributed by atoms with Gasteiger partial charge in [-0.3, -0.25) is 13.9 Å². The van der Waals surface area contributed by atoms with E-state index in [1.165, 1.54) is 12.1 Å². The van der Waals surface area contributed by atoms with Crippen LogP contribution in [0.1, 0.15) is 29.8 Å². The van der Waals surface area contributed by atoms with E-state index in [0.717, 1.165) is 36.5 Å². The Labute approximate surface area is 191 Å². The van der Waals surface area contributed by atoms with Gasteiger partial charge in [0.15, 0.2) is 11.2 Å². The van der Waals surface area contributed by atoms with Crippen molar-refractivity contribution in [2.24, 2.45) is 12.8 Å². The van der Waals surface area contributed by atoms with Crippen LogP contribution in [-0.2, 0) is 20.0 Å². The molecule has 0 saturated carbocycles. The Hall–Kier alpha value is -3.52. The summed E-state index contributed by atoms with van der Waals surface area (Å²) in [6.45, 7) is 2.06. The summed E-state index contributed by atoms with van der Waals surface area (Å²) < 4.78 is 16.9. The fourth-order valence-electron chi connectivity index (χ4n) is 4.48. The van der Waals surface area contributed by atoms with E-state index < -0.39 is 0 Å². The Morgan fingerprint density at radius 2 is 1.82 bits per heavy atom. The van der Waals surface area contributed by atoms with Crippen molar-refractivity contribution in [3.8, 4) is 0 Å². The van der Waals surface area contributed by atoms with Crippen molar-refractivity contribution < 1.29 is 4.39 Å². The molecular formula is C25H27FN6O. The molecule has 0 aliphatic carbocycles. The lowest BCUT2D eigenvalue weighted by Crippen LogP contribution is -2.44. The molecule has 4 aromatic rings. The van der Waals surface area contributed by atoms with Crippen molar-refractivity contribution in [2.45, 2.75) is 31.8 Å². The van der Waals surface area contributed by atoms with E-state index in [-0.39, 0.29) is 17.4 Å². The van der Waals surface area contributed by atoms with E-state index >= 15 is 0 Å². The number of piperidine rings is 1. The van der Waals surface area contributed by atoms with E-state index in [0.29, 0.717) is 36.5 Å². The van der Waals surface area contributed by atoms with Crippen molar-refractivity contribution in [2.75, 3.05) is 18.0 Å². The van der Waals surface area contributed by atoms with Crippen molar-refractivity contribution >= 4 is 17.1 Å². The topological polar surface area (TPSA) is 82.0 Å². The average molecular weight is 447 g/mol. The summed E-state index contributed by atoms with van der Waals surface area (Å²) in [6, 6.07) is 16.4. The molecule has 2 N–H and O–H groups in total. The second-order valence-electron chi connectivity index (χ2n) is 8.70. The fraction of sp³-hybridized carbons (Fsp3) is 0.320. The Bertz CT molecular complexity index is 1330. The Balaban J connectivity index is 1.63. The monoisotopic (exact) mass is 446 g/mol. The van der Waals surface area contributed by atoms with Crippen molar-refractivity contribution in [1.29, 1.82) is 0 Å². The molecule has 1 aliphatic heterocycles. The van der Waals surface area contributed by atoms with Crippen LogP contribution in [0.5, 0.6) is 0 Å². The third-order valence-corrected chi connectivity index (χ3v) is 6.26. The van der Waals surface area contributed by atoms with Gasteiger partial charge in [0.25, 0.3) is 5.56 Å². The zero-order chi connectivity index (χ0) is 22.9. The SMILES string of the molecule is Cn1c(Cc2ccc(F)cc2)nc2nc(N3CCCC(N)C3)n(Cc3ccccc3)c2c1=O. The Kier molecular flexibility index (Phi) is 5.68. The minimum absolute atomic E-state index is 0.0774. The Morgan fingerprint density at radius 3 is 2.55 bits per heavy atom. The number of anilines is 1. The second-order valence-corrected chi connectivity index (χ2v) is 8.70. The summed E-state index contributed by atoms with van der Waals surface area (Å²) >= 11 is 0. The minimum atomic E-state index is -0.292. The summed E-state index contributed by atoms with van der Waals surface area (Å²) in [4.78, 5) is 25.3. The first-order valence-electron chi connectivity index (χ1n) is 11.2. The smallest absolute Gasteiger partial charge is 0.279 e. The first-order chi connectivity index (χ1) is 16.0. The second kappa shape index (κ2) is 8.78. The van der Waals surface area contributed by atoms with Gasteiger partial charge in [0.2, 0.25) is 5.95 Å².